The number of ether oxygens (including phenoxy) is 1. The standard InChI is InChI=1S/C12H21NO2/c1-8(2)15-12(14)13-7-11(9-3-4-9)10-5-6-10/h8-11H,3-7H2,1-2H3,(H,13,14). The summed E-state index contributed by atoms with van der Waals surface area (Å²) >= 11 is 0. The molecule has 0 aliphatic heterocycles. The third-order valence-electron chi connectivity index (χ3n) is 3.28. The minimum absolute atomic E-state index is 0.0229. The van der Waals surface area contributed by atoms with Gasteiger partial charge in [0.2, 0.25) is 0 Å². The van der Waals surface area contributed by atoms with Crippen molar-refractivity contribution >= 4 is 6.09 Å². The number of hydrogen-bond acceptors (Lipinski definition) is 2. The van der Waals surface area contributed by atoms with Crippen molar-refractivity contribution in [3.05, 3.63) is 0 Å². The number of carbonyl (C=O) groups is 1. The molecule has 0 spiro atoms. The van der Waals surface area contributed by atoms with E-state index in [1.165, 1.54) is 25.7 Å². The van der Waals surface area contributed by atoms with Gasteiger partial charge in [-0.3, -0.25) is 0 Å². The monoisotopic (exact) mass is 211 g/mol. The molecular weight excluding hydrogens is 190 g/mol. The molecule has 2 aliphatic carbocycles. The molecule has 0 unspecified atom stereocenters. The van der Waals surface area contributed by atoms with Crippen molar-refractivity contribution < 1.29 is 9.53 Å². The highest BCUT2D eigenvalue weighted by Gasteiger charge is 2.41. The van der Waals surface area contributed by atoms with E-state index in [-0.39, 0.29) is 12.2 Å². The number of alkyl carbamates (subject to hydrolysis) is 1. The fourth-order valence-electron chi connectivity index (χ4n) is 2.22. The second-order valence-electron chi connectivity index (χ2n) is 5.17. The van der Waals surface area contributed by atoms with Gasteiger partial charge in [0, 0.05) is 6.54 Å². The fraction of sp³-hybridized carbons (Fsp3) is 0.917. The maximum atomic E-state index is 11.3. The van der Waals surface area contributed by atoms with Crippen molar-refractivity contribution in [3.63, 3.8) is 0 Å². The van der Waals surface area contributed by atoms with Crippen LogP contribution in [-0.4, -0.2) is 18.7 Å². The molecule has 3 heteroatoms. The molecule has 2 aliphatic rings. The predicted molar refractivity (Wildman–Crippen MR) is 58.6 cm³/mol. The van der Waals surface area contributed by atoms with E-state index in [9.17, 15) is 4.79 Å². The number of carbonyl (C=O) groups excluding carboxylic acids is 1. The van der Waals surface area contributed by atoms with Crippen LogP contribution in [0.15, 0.2) is 0 Å². The molecule has 2 fully saturated rings. The Labute approximate surface area is 91.6 Å². The first kappa shape index (κ1) is 10.8. The Morgan fingerprint density at radius 3 is 2.20 bits per heavy atom. The van der Waals surface area contributed by atoms with Crippen molar-refractivity contribution in [2.45, 2.75) is 45.6 Å². The molecule has 0 aromatic rings. The predicted octanol–water partition coefficient (Wildman–Crippen LogP) is 2.56. The van der Waals surface area contributed by atoms with Gasteiger partial charge in [-0.2, -0.15) is 0 Å². The molecule has 0 saturated heterocycles. The normalized spacial score (nSPS) is 20.8. The lowest BCUT2D eigenvalue weighted by Gasteiger charge is -2.16. The molecule has 0 aromatic heterocycles. The van der Waals surface area contributed by atoms with Gasteiger partial charge in [-0.25, -0.2) is 4.79 Å². The Morgan fingerprint density at radius 1 is 1.27 bits per heavy atom. The van der Waals surface area contributed by atoms with E-state index in [4.69, 9.17) is 4.74 Å². The molecule has 86 valence electrons. The van der Waals surface area contributed by atoms with E-state index >= 15 is 0 Å². The summed E-state index contributed by atoms with van der Waals surface area (Å²) in [6.45, 7) is 4.57. The van der Waals surface area contributed by atoms with Crippen molar-refractivity contribution in [2.75, 3.05) is 6.54 Å². The average Bonchev–Trinajstić information content (AvgIpc) is 2.99. The highest BCUT2D eigenvalue weighted by atomic mass is 16.6. The third-order valence-corrected chi connectivity index (χ3v) is 3.28. The largest absolute Gasteiger partial charge is 0.447 e. The Balaban J connectivity index is 1.68. The van der Waals surface area contributed by atoms with Gasteiger partial charge in [-0.1, -0.05) is 0 Å². The zero-order chi connectivity index (χ0) is 10.8. The summed E-state index contributed by atoms with van der Waals surface area (Å²) in [6.07, 6.45) is 5.18. The summed E-state index contributed by atoms with van der Waals surface area (Å²) in [5.74, 6) is 2.50. The quantitative estimate of drug-likeness (QED) is 0.759. The topological polar surface area (TPSA) is 38.3 Å². The van der Waals surface area contributed by atoms with Gasteiger partial charge in [-0.05, 0) is 57.3 Å². The van der Waals surface area contributed by atoms with E-state index in [1.54, 1.807) is 0 Å². The molecule has 2 rings (SSSR count). The maximum Gasteiger partial charge on any atom is 0.407 e. The Morgan fingerprint density at radius 2 is 1.80 bits per heavy atom. The smallest absolute Gasteiger partial charge is 0.407 e. The first-order valence-electron chi connectivity index (χ1n) is 6.11. The molecule has 1 N–H and O–H groups in total. The van der Waals surface area contributed by atoms with E-state index in [0.717, 1.165) is 24.3 Å². The first-order chi connectivity index (χ1) is 7.16. The number of rotatable bonds is 5. The molecule has 2 saturated carbocycles. The Bertz CT molecular complexity index is 220. The lowest BCUT2D eigenvalue weighted by atomic mass is 9.98. The van der Waals surface area contributed by atoms with Crippen LogP contribution in [0.25, 0.3) is 0 Å². The molecule has 0 aromatic carbocycles. The van der Waals surface area contributed by atoms with Crippen LogP contribution in [0.5, 0.6) is 0 Å². The summed E-state index contributed by atoms with van der Waals surface area (Å²) in [4.78, 5) is 11.3. The van der Waals surface area contributed by atoms with E-state index in [1.807, 2.05) is 13.8 Å². The lowest BCUT2D eigenvalue weighted by molar-refractivity contribution is 0.113. The van der Waals surface area contributed by atoms with Gasteiger partial charge in [0.1, 0.15) is 0 Å². The molecule has 0 bridgehead atoms. The number of nitrogens with one attached hydrogen (secondary N) is 1. The summed E-state index contributed by atoms with van der Waals surface area (Å²) in [6, 6.07) is 0. The van der Waals surface area contributed by atoms with Crippen LogP contribution in [0.1, 0.15) is 39.5 Å². The molecular formula is C12H21NO2. The van der Waals surface area contributed by atoms with Crippen LogP contribution in [0.4, 0.5) is 4.79 Å². The average molecular weight is 211 g/mol. The second-order valence-corrected chi connectivity index (χ2v) is 5.17. The molecule has 0 heterocycles. The van der Waals surface area contributed by atoms with Gasteiger partial charge in [0.25, 0.3) is 0 Å². The van der Waals surface area contributed by atoms with E-state index in [0.29, 0.717) is 0 Å². The maximum absolute atomic E-state index is 11.3. The zero-order valence-corrected chi connectivity index (χ0v) is 9.66. The summed E-state index contributed by atoms with van der Waals surface area (Å²) in [5, 5.41) is 2.90. The third kappa shape index (κ3) is 3.40. The minimum atomic E-state index is -0.253. The van der Waals surface area contributed by atoms with Crippen LogP contribution in [0.3, 0.4) is 0 Å². The van der Waals surface area contributed by atoms with Crippen molar-refractivity contribution in [1.29, 1.82) is 0 Å². The SMILES string of the molecule is CC(C)OC(=O)NCC(C1CC1)C1CC1. The van der Waals surface area contributed by atoms with Gasteiger partial charge < -0.3 is 10.1 Å². The van der Waals surface area contributed by atoms with Crippen LogP contribution < -0.4 is 5.32 Å². The molecule has 0 atom stereocenters. The van der Waals surface area contributed by atoms with E-state index < -0.39 is 0 Å². The molecule has 1 amide bonds. The van der Waals surface area contributed by atoms with Crippen LogP contribution in [0, 0.1) is 17.8 Å². The van der Waals surface area contributed by atoms with Crippen molar-refractivity contribution in [1.82, 2.24) is 5.32 Å². The lowest BCUT2D eigenvalue weighted by Crippen LogP contribution is -2.32. The van der Waals surface area contributed by atoms with Crippen LogP contribution >= 0.6 is 0 Å². The summed E-state index contributed by atoms with van der Waals surface area (Å²) in [5.41, 5.74) is 0. The van der Waals surface area contributed by atoms with E-state index in [2.05, 4.69) is 5.32 Å². The van der Waals surface area contributed by atoms with Gasteiger partial charge in [0.05, 0.1) is 6.10 Å². The second kappa shape index (κ2) is 4.42. The van der Waals surface area contributed by atoms with Gasteiger partial charge in [-0.15, -0.1) is 0 Å². The highest BCUT2D eigenvalue weighted by molar-refractivity contribution is 5.67. The summed E-state index contributed by atoms with van der Waals surface area (Å²) < 4.78 is 5.05. The van der Waals surface area contributed by atoms with Crippen molar-refractivity contribution in [3.8, 4) is 0 Å². The molecule has 3 nitrogen and oxygen atoms in total. The minimum Gasteiger partial charge on any atom is -0.447 e. The van der Waals surface area contributed by atoms with Gasteiger partial charge in [0.15, 0.2) is 0 Å². The van der Waals surface area contributed by atoms with Crippen molar-refractivity contribution in [2.24, 2.45) is 17.8 Å². The van der Waals surface area contributed by atoms with Crippen LogP contribution in [0.2, 0.25) is 0 Å². The molecule has 0 radical (unpaired) electrons. The highest BCUT2D eigenvalue weighted by Crippen LogP contribution is 2.48. The zero-order valence-electron chi connectivity index (χ0n) is 9.66. The number of amides is 1. The fourth-order valence-corrected chi connectivity index (χ4v) is 2.22. The van der Waals surface area contributed by atoms with Crippen LogP contribution in [-0.2, 0) is 4.74 Å². The summed E-state index contributed by atoms with van der Waals surface area (Å²) in [7, 11) is 0. The first-order valence-corrected chi connectivity index (χ1v) is 6.11. The Hall–Kier alpha value is -0.730. The molecule has 15 heavy (non-hydrogen) atoms. The number of hydrogen-bond donors (Lipinski definition) is 1. The Kier molecular flexibility index (Phi) is 3.17. The van der Waals surface area contributed by atoms with Gasteiger partial charge >= 0.3 is 6.09 Å².